The van der Waals surface area contributed by atoms with Gasteiger partial charge in [0.05, 0.1) is 12.6 Å². The normalized spacial score (nSPS) is 20.1. The van der Waals surface area contributed by atoms with Crippen LogP contribution in [0.1, 0.15) is 19.8 Å². The molecule has 0 aliphatic carbocycles. The monoisotopic (exact) mass is 262 g/mol. The highest BCUT2D eigenvalue weighted by molar-refractivity contribution is 5.97. The molecule has 0 radical (unpaired) electrons. The van der Waals surface area contributed by atoms with E-state index < -0.39 is 0 Å². The molecule has 1 aromatic rings. The Morgan fingerprint density at radius 1 is 1.37 bits per heavy atom. The van der Waals surface area contributed by atoms with Crippen LogP contribution in [0.15, 0.2) is 30.3 Å². The highest BCUT2D eigenvalue weighted by Crippen LogP contribution is 2.23. The van der Waals surface area contributed by atoms with Crippen LogP contribution < -0.4 is 4.90 Å². The van der Waals surface area contributed by atoms with Crippen molar-refractivity contribution in [2.75, 3.05) is 31.1 Å². The third-order valence-corrected chi connectivity index (χ3v) is 3.71. The van der Waals surface area contributed by atoms with E-state index in [0.29, 0.717) is 6.54 Å². The Bertz CT molecular complexity index is 408. The van der Waals surface area contributed by atoms with Gasteiger partial charge in [0.25, 0.3) is 0 Å². The predicted octanol–water partition coefficient (Wildman–Crippen LogP) is 1.50. The second kappa shape index (κ2) is 6.68. The van der Waals surface area contributed by atoms with E-state index in [1.165, 1.54) is 0 Å². The SMILES string of the molecule is CCN(CCO)C1CCCN(c2ccccc2)C1=O. The number of hydrogen-bond acceptors (Lipinski definition) is 3. The Morgan fingerprint density at radius 3 is 2.74 bits per heavy atom. The molecule has 0 aromatic heterocycles. The zero-order valence-electron chi connectivity index (χ0n) is 11.5. The van der Waals surface area contributed by atoms with Crippen molar-refractivity contribution in [1.82, 2.24) is 4.90 Å². The van der Waals surface area contributed by atoms with Gasteiger partial charge >= 0.3 is 0 Å². The van der Waals surface area contributed by atoms with Crippen LogP contribution in [-0.2, 0) is 4.79 Å². The summed E-state index contributed by atoms with van der Waals surface area (Å²) in [5, 5.41) is 9.10. The summed E-state index contributed by atoms with van der Waals surface area (Å²) in [4.78, 5) is 16.5. The van der Waals surface area contributed by atoms with E-state index in [-0.39, 0.29) is 18.6 Å². The Labute approximate surface area is 114 Å². The van der Waals surface area contributed by atoms with Gasteiger partial charge in [-0.05, 0) is 31.5 Å². The highest BCUT2D eigenvalue weighted by Gasteiger charge is 2.32. The molecule has 1 heterocycles. The van der Waals surface area contributed by atoms with Gasteiger partial charge in [-0.3, -0.25) is 9.69 Å². The van der Waals surface area contributed by atoms with Crippen LogP contribution in [0.25, 0.3) is 0 Å². The fourth-order valence-corrected chi connectivity index (χ4v) is 2.72. The Hall–Kier alpha value is -1.39. The second-order valence-electron chi connectivity index (χ2n) is 4.84. The van der Waals surface area contributed by atoms with Crippen molar-refractivity contribution in [3.8, 4) is 0 Å². The third-order valence-electron chi connectivity index (χ3n) is 3.71. The summed E-state index contributed by atoms with van der Waals surface area (Å²) in [5.41, 5.74) is 0.970. The molecule has 4 heteroatoms. The first-order valence-electron chi connectivity index (χ1n) is 6.99. The van der Waals surface area contributed by atoms with Gasteiger partial charge in [0.2, 0.25) is 5.91 Å². The maximum Gasteiger partial charge on any atom is 0.244 e. The lowest BCUT2D eigenvalue weighted by Crippen LogP contribution is -2.53. The number of aliphatic hydroxyl groups is 1. The number of aliphatic hydroxyl groups excluding tert-OH is 1. The minimum atomic E-state index is -0.0916. The number of hydrogen-bond donors (Lipinski definition) is 1. The number of benzene rings is 1. The van der Waals surface area contributed by atoms with E-state index in [4.69, 9.17) is 5.11 Å². The number of anilines is 1. The average molecular weight is 262 g/mol. The maximum atomic E-state index is 12.6. The number of amides is 1. The summed E-state index contributed by atoms with van der Waals surface area (Å²) in [6, 6.07) is 9.73. The first-order chi connectivity index (χ1) is 9.27. The van der Waals surface area contributed by atoms with Crippen LogP contribution in [0.2, 0.25) is 0 Å². The van der Waals surface area contributed by atoms with Crippen LogP contribution in [0.4, 0.5) is 5.69 Å². The largest absolute Gasteiger partial charge is 0.395 e. The van der Waals surface area contributed by atoms with Crippen LogP contribution >= 0.6 is 0 Å². The number of piperidine rings is 1. The summed E-state index contributed by atoms with van der Waals surface area (Å²) >= 11 is 0. The topological polar surface area (TPSA) is 43.8 Å². The minimum absolute atomic E-state index is 0.0916. The molecule has 1 fully saturated rings. The lowest BCUT2D eigenvalue weighted by molar-refractivity contribution is -0.125. The smallest absolute Gasteiger partial charge is 0.244 e. The Morgan fingerprint density at radius 2 is 2.11 bits per heavy atom. The molecule has 0 saturated carbocycles. The van der Waals surface area contributed by atoms with Gasteiger partial charge in [-0.1, -0.05) is 25.1 Å². The molecule has 0 bridgehead atoms. The van der Waals surface area contributed by atoms with Gasteiger partial charge in [0, 0.05) is 18.8 Å². The molecule has 1 atom stereocenters. The minimum Gasteiger partial charge on any atom is -0.395 e. The van der Waals surface area contributed by atoms with Crippen LogP contribution in [0, 0.1) is 0 Å². The molecular weight excluding hydrogens is 240 g/mol. The van der Waals surface area contributed by atoms with Crippen molar-refractivity contribution in [3.63, 3.8) is 0 Å². The molecule has 1 amide bonds. The van der Waals surface area contributed by atoms with Crippen molar-refractivity contribution in [2.24, 2.45) is 0 Å². The predicted molar refractivity (Wildman–Crippen MR) is 76.1 cm³/mol. The fourth-order valence-electron chi connectivity index (χ4n) is 2.72. The fraction of sp³-hybridized carbons (Fsp3) is 0.533. The number of para-hydroxylation sites is 1. The summed E-state index contributed by atoms with van der Waals surface area (Å²) in [5.74, 6) is 0.160. The first kappa shape index (κ1) is 14.0. The van der Waals surface area contributed by atoms with E-state index in [1.54, 1.807) is 0 Å². The van der Waals surface area contributed by atoms with Crippen molar-refractivity contribution in [2.45, 2.75) is 25.8 Å². The molecule has 1 unspecified atom stereocenters. The molecule has 19 heavy (non-hydrogen) atoms. The van der Waals surface area contributed by atoms with E-state index in [9.17, 15) is 4.79 Å². The van der Waals surface area contributed by atoms with E-state index in [1.807, 2.05) is 42.2 Å². The number of carbonyl (C=O) groups excluding carboxylic acids is 1. The second-order valence-corrected chi connectivity index (χ2v) is 4.84. The average Bonchev–Trinajstić information content (AvgIpc) is 2.46. The van der Waals surface area contributed by atoms with Crippen LogP contribution in [-0.4, -0.2) is 48.2 Å². The Balaban J connectivity index is 2.14. The molecule has 1 N–H and O–H groups in total. The van der Waals surface area contributed by atoms with Crippen LogP contribution in [0.5, 0.6) is 0 Å². The zero-order valence-corrected chi connectivity index (χ0v) is 11.5. The molecule has 0 spiro atoms. The van der Waals surface area contributed by atoms with E-state index >= 15 is 0 Å². The molecule has 1 aromatic carbocycles. The lowest BCUT2D eigenvalue weighted by Gasteiger charge is -2.37. The van der Waals surface area contributed by atoms with Gasteiger partial charge in [-0.25, -0.2) is 0 Å². The quantitative estimate of drug-likeness (QED) is 0.874. The third kappa shape index (κ3) is 3.14. The maximum absolute atomic E-state index is 12.6. The van der Waals surface area contributed by atoms with Crippen molar-refractivity contribution >= 4 is 11.6 Å². The molecule has 104 valence electrons. The van der Waals surface area contributed by atoms with Gasteiger partial charge in [-0.2, -0.15) is 0 Å². The van der Waals surface area contributed by atoms with Gasteiger partial charge in [0.15, 0.2) is 0 Å². The molecular formula is C15H22N2O2. The summed E-state index contributed by atoms with van der Waals surface area (Å²) in [6.45, 7) is 4.28. The Kier molecular flexibility index (Phi) is 4.93. The van der Waals surface area contributed by atoms with Crippen LogP contribution in [0.3, 0.4) is 0 Å². The lowest BCUT2D eigenvalue weighted by atomic mass is 10.0. The van der Waals surface area contributed by atoms with Crippen molar-refractivity contribution < 1.29 is 9.90 Å². The molecule has 1 aliphatic rings. The van der Waals surface area contributed by atoms with Crippen molar-refractivity contribution in [1.29, 1.82) is 0 Å². The molecule has 4 nitrogen and oxygen atoms in total. The first-order valence-corrected chi connectivity index (χ1v) is 6.99. The van der Waals surface area contributed by atoms with E-state index in [2.05, 4.69) is 4.90 Å². The zero-order chi connectivity index (χ0) is 13.7. The summed E-state index contributed by atoms with van der Waals surface area (Å²) in [6.07, 6.45) is 1.89. The molecule has 1 aliphatic heterocycles. The standard InChI is InChI=1S/C15H22N2O2/c1-2-16(11-12-18)14-9-6-10-17(15(14)19)13-7-4-3-5-8-13/h3-5,7-8,14,18H,2,6,9-12H2,1H3. The van der Waals surface area contributed by atoms with Gasteiger partial charge in [0.1, 0.15) is 0 Å². The highest BCUT2D eigenvalue weighted by atomic mass is 16.3. The summed E-state index contributed by atoms with van der Waals surface area (Å²) < 4.78 is 0. The number of carbonyl (C=O) groups is 1. The van der Waals surface area contributed by atoms with E-state index in [0.717, 1.165) is 31.6 Å². The summed E-state index contributed by atoms with van der Waals surface area (Å²) in [7, 11) is 0. The van der Waals surface area contributed by atoms with Crippen molar-refractivity contribution in [3.05, 3.63) is 30.3 Å². The molecule has 1 saturated heterocycles. The molecule has 2 rings (SSSR count). The van der Waals surface area contributed by atoms with Gasteiger partial charge in [-0.15, -0.1) is 0 Å². The number of nitrogens with zero attached hydrogens (tertiary/aromatic N) is 2. The number of likely N-dealkylation sites (N-methyl/N-ethyl adjacent to an activating group) is 1. The number of rotatable bonds is 5. The van der Waals surface area contributed by atoms with Gasteiger partial charge < -0.3 is 10.0 Å².